The molecule has 0 amide bonds. The van der Waals surface area contributed by atoms with Gasteiger partial charge in [-0.3, -0.25) is 33.9 Å². The maximum absolute atomic E-state index is 11.5. The van der Waals surface area contributed by atoms with Gasteiger partial charge in [-0.2, -0.15) is 0 Å². The lowest BCUT2D eigenvalue weighted by atomic mass is 9.88. The Morgan fingerprint density at radius 2 is 1.23 bits per heavy atom. The first-order valence-electron chi connectivity index (χ1n) is 10.00. The van der Waals surface area contributed by atoms with E-state index < -0.39 is 42.5 Å². The van der Waals surface area contributed by atoms with Crippen molar-refractivity contribution in [3.8, 4) is 0 Å². The third-order valence-electron chi connectivity index (χ3n) is 5.23. The Hall–Kier alpha value is -2.57. The van der Waals surface area contributed by atoms with E-state index in [0.29, 0.717) is 19.3 Å². The van der Waals surface area contributed by atoms with Crippen LogP contribution in [-0.4, -0.2) is 123 Å². The monoisotopic (exact) mass is 445 g/mol. The van der Waals surface area contributed by atoms with Crippen LogP contribution in [0.2, 0.25) is 0 Å². The van der Waals surface area contributed by atoms with E-state index in [1.54, 1.807) is 9.80 Å². The zero-order valence-corrected chi connectivity index (χ0v) is 17.7. The molecule has 1 fully saturated rings. The van der Waals surface area contributed by atoms with E-state index in [4.69, 9.17) is 0 Å². The Labute approximate surface area is 180 Å². The lowest BCUT2D eigenvalue weighted by molar-refractivity contribution is -0.148. The molecular formula is C19H31N3O9. The van der Waals surface area contributed by atoms with E-state index in [1.165, 1.54) is 11.8 Å². The summed E-state index contributed by atoms with van der Waals surface area (Å²) in [6.07, 6.45) is 1.57. The molecule has 1 rings (SSSR count). The normalized spacial score (nSPS) is 17.2. The van der Waals surface area contributed by atoms with E-state index in [1.807, 2.05) is 0 Å². The SMILES string of the molecule is CC(=O)CCCCC1(N(CC(=O)O)CC(=O)O)CN(CC(=O)O)CCN(CC(=O)O)C1. The van der Waals surface area contributed by atoms with Gasteiger partial charge in [-0.05, 0) is 19.8 Å². The highest BCUT2D eigenvalue weighted by atomic mass is 16.4. The molecular weight excluding hydrogens is 414 g/mol. The number of unbranched alkanes of at least 4 members (excludes halogenated alkanes) is 1. The van der Waals surface area contributed by atoms with Crippen molar-refractivity contribution in [2.45, 2.75) is 38.1 Å². The first-order chi connectivity index (χ1) is 14.4. The van der Waals surface area contributed by atoms with Crippen LogP contribution in [0, 0.1) is 0 Å². The van der Waals surface area contributed by atoms with Gasteiger partial charge in [0.25, 0.3) is 0 Å². The number of Topliss-reactive ketones (excluding diaryl/α,β-unsaturated/α-hetero) is 1. The molecule has 0 aromatic rings. The number of carbonyl (C=O) groups is 5. The van der Waals surface area contributed by atoms with Crippen LogP contribution in [0.4, 0.5) is 0 Å². The van der Waals surface area contributed by atoms with Crippen molar-refractivity contribution in [2.75, 3.05) is 52.4 Å². The van der Waals surface area contributed by atoms with E-state index in [9.17, 15) is 44.4 Å². The fourth-order valence-corrected chi connectivity index (χ4v) is 4.04. The summed E-state index contributed by atoms with van der Waals surface area (Å²) < 4.78 is 0. The van der Waals surface area contributed by atoms with Crippen molar-refractivity contribution < 1.29 is 44.4 Å². The average Bonchev–Trinajstić information content (AvgIpc) is 2.76. The standard InChI is InChI=1S/C19H31N3O9/c1-14(23)4-2-3-5-19(22(10-17(28)29)11-18(30)31)12-20(8-15(24)25)6-7-21(13-19)9-16(26)27/h2-13H2,1H3,(H,24,25)(H,26,27)(H,28,29)(H,30,31). The minimum atomic E-state index is -1.25. The number of carboxylic acid groups (broad SMARTS) is 4. The summed E-state index contributed by atoms with van der Waals surface area (Å²) in [4.78, 5) is 61.4. The third kappa shape index (κ3) is 9.85. The van der Waals surface area contributed by atoms with Crippen molar-refractivity contribution in [1.82, 2.24) is 14.7 Å². The number of rotatable bonds is 14. The molecule has 1 aliphatic heterocycles. The predicted molar refractivity (Wildman–Crippen MR) is 107 cm³/mol. The zero-order valence-electron chi connectivity index (χ0n) is 17.7. The van der Waals surface area contributed by atoms with Gasteiger partial charge in [0.1, 0.15) is 5.78 Å². The molecule has 176 valence electrons. The van der Waals surface area contributed by atoms with Crippen molar-refractivity contribution in [3.05, 3.63) is 0 Å². The Bertz CT molecular complexity index is 641. The minimum absolute atomic E-state index is 0.0112. The molecule has 12 heteroatoms. The Balaban J connectivity index is 3.34. The van der Waals surface area contributed by atoms with Gasteiger partial charge in [0, 0.05) is 38.1 Å². The molecule has 0 aromatic carbocycles. The third-order valence-corrected chi connectivity index (χ3v) is 5.23. The van der Waals surface area contributed by atoms with Crippen LogP contribution in [0.3, 0.4) is 0 Å². The van der Waals surface area contributed by atoms with Gasteiger partial charge in [-0.1, -0.05) is 6.42 Å². The van der Waals surface area contributed by atoms with Crippen molar-refractivity contribution in [1.29, 1.82) is 0 Å². The van der Waals surface area contributed by atoms with Gasteiger partial charge in [0.05, 0.1) is 26.2 Å². The predicted octanol–water partition coefficient (Wildman–Crippen LogP) is -0.867. The van der Waals surface area contributed by atoms with Crippen LogP contribution in [0.1, 0.15) is 32.6 Å². The molecule has 0 aliphatic carbocycles. The largest absolute Gasteiger partial charge is 0.480 e. The maximum Gasteiger partial charge on any atom is 0.317 e. The molecule has 0 atom stereocenters. The van der Waals surface area contributed by atoms with Crippen LogP contribution in [0.25, 0.3) is 0 Å². The number of nitrogens with zero attached hydrogens (tertiary/aromatic N) is 3. The van der Waals surface area contributed by atoms with Gasteiger partial charge in [-0.15, -0.1) is 0 Å². The van der Waals surface area contributed by atoms with Gasteiger partial charge in [0.15, 0.2) is 0 Å². The van der Waals surface area contributed by atoms with E-state index >= 15 is 0 Å². The summed E-state index contributed by atoms with van der Waals surface area (Å²) in [5, 5.41) is 37.3. The molecule has 1 heterocycles. The molecule has 0 aromatic heterocycles. The molecule has 12 nitrogen and oxygen atoms in total. The highest BCUT2D eigenvalue weighted by molar-refractivity contribution is 5.75. The summed E-state index contributed by atoms with van der Waals surface area (Å²) in [5.41, 5.74) is -1.12. The smallest absolute Gasteiger partial charge is 0.317 e. The number of carbonyl (C=O) groups excluding carboxylic acids is 1. The second-order valence-corrected chi connectivity index (χ2v) is 7.99. The number of hydrogen-bond donors (Lipinski definition) is 4. The summed E-state index contributed by atoms with van der Waals surface area (Å²) >= 11 is 0. The Morgan fingerprint density at radius 1 is 0.774 bits per heavy atom. The summed E-state index contributed by atoms with van der Waals surface area (Å²) in [5.74, 6) is -4.70. The number of hydrogen-bond acceptors (Lipinski definition) is 8. The molecule has 0 saturated carbocycles. The molecule has 0 unspecified atom stereocenters. The fourth-order valence-electron chi connectivity index (χ4n) is 4.04. The van der Waals surface area contributed by atoms with E-state index in [2.05, 4.69) is 0 Å². The number of aliphatic carboxylic acids is 4. The number of ketones is 1. The van der Waals surface area contributed by atoms with Crippen LogP contribution >= 0.6 is 0 Å². The van der Waals surface area contributed by atoms with E-state index in [-0.39, 0.29) is 51.5 Å². The van der Waals surface area contributed by atoms with Crippen LogP contribution < -0.4 is 0 Å². The summed E-state index contributed by atoms with van der Waals surface area (Å²) in [6.45, 7) is 0.180. The molecule has 1 saturated heterocycles. The summed E-state index contributed by atoms with van der Waals surface area (Å²) in [6, 6.07) is 0. The quantitative estimate of drug-likeness (QED) is 0.244. The highest BCUT2D eigenvalue weighted by Crippen LogP contribution is 2.28. The molecule has 0 radical (unpaired) electrons. The van der Waals surface area contributed by atoms with Crippen molar-refractivity contribution in [2.24, 2.45) is 0 Å². The molecule has 1 aliphatic rings. The first kappa shape index (κ1) is 26.5. The zero-order chi connectivity index (χ0) is 23.6. The van der Waals surface area contributed by atoms with Gasteiger partial charge < -0.3 is 25.2 Å². The fraction of sp³-hybridized carbons (Fsp3) is 0.737. The second-order valence-electron chi connectivity index (χ2n) is 7.99. The lowest BCUT2D eigenvalue weighted by Crippen LogP contribution is -2.62. The average molecular weight is 445 g/mol. The van der Waals surface area contributed by atoms with Gasteiger partial charge >= 0.3 is 23.9 Å². The first-order valence-corrected chi connectivity index (χ1v) is 10.00. The molecule has 0 spiro atoms. The van der Waals surface area contributed by atoms with Gasteiger partial charge in [-0.25, -0.2) is 0 Å². The van der Waals surface area contributed by atoms with Crippen LogP contribution in [0.15, 0.2) is 0 Å². The van der Waals surface area contributed by atoms with Crippen molar-refractivity contribution in [3.63, 3.8) is 0 Å². The van der Waals surface area contributed by atoms with Crippen molar-refractivity contribution >= 4 is 29.7 Å². The topological polar surface area (TPSA) is 176 Å². The molecule has 4 N–H and O–H groups in total. The molecule has 0 bridgehead atoms. The van der Waals surface area contributed by atoms with Crippen LogP contribution in [0.5, 0.6) is 0 Å². The maximum atomic E-state index is 11.5. The molecule has 31 heavy (non-hydrogen) atoms. The second kappa shape index (κ2) is 12.3. The van der Waals surface area contributed by atoms with E-state index in [0.717, 1.165) is 0 Å². The van der Waals surface area contributed by atoms with Crippen LogP contribution in [-0.2, 0) is 24.0 Å². The number of carboxylic acids is 4. The lowest BCUT2D eigenvalue weighted by Gasteiger charge is -2.45. The highest BCUT2D eigenvalue weighted by Gasteiger charge is 2.43. The van der Waals surface area contributed by atoms with Gasteiger partial charge in [0.2, 0.25) is 0 Å². The Kier molecular flexibility index (Phi) is 10.5. The Morgan fingerprint density at radius 3 is 1.58 bits per heavy atom. The summed E-state index contributed by atoms with van der Waals surface area (Å²) in [7, 11) is 0. The minimum Gasteiger partial charge on any atom is -0.480 e.